The number of aromatic nitrogens is 3. The molecule has 6 heteroatoms. The molecule has 0 atom stereocenters. The Labute approximate surface area is 97.9 Å². The van der Waals surface area contributed by atoms with E-state index < -0.39 is 5.97 Å². The average molecular weight is 235 g/mol. The van der Waals surface area contributed by atoms with Gasteiger partial charge in [-0.1, -0.05) is 0 Å². The monoisotopic (exact) mass is 235 g/mol. The molecule has 0 amide bonds. The molecule has 0 aliphatic heterocycles. The molecular weight excluding hydrogens is 222 g/mol. The first kappa shape index (κ1) is 11.5. The Balaban J connectivity index is 2.30. The van der Waals surface area contributed by atoms with Crippen molar-refractivity contribution in [3.8, 4) is 0 Å². The molecule has 0 fully saturated rings. The minimum absolute atomic E-state index is 0.0238. The number of ether oxygens (including phenoxy) is 1. The van der Waals surface area contributed by atoms with E-state index in [1.807, 2.05) is 6.92 Å². The zero-order chi connectivity index (χ0) is 12.3. The van der Waals surface area contributed by atoms with Crippen molar-refractivity contribution in [3.05, 3.63) is 24.2 Å². The van der Waals surface area contributed by atoms with Gasteiger partial charge in [0.1, 0.15) is 5.52 Å². The Morgan fingerprint density at radius 3 is 3.06 bits per heavy atom. The van der Waals surface area contributed by atoms with E-state index in [1.54, 1.807) is 17.0 Å². The summed E-state index contributed by atoms with van der Waals surface area (Å²) in [5.41, 5.74) is 1.28. The fourth-order valence-corrected chi connectivity index (χ4v) is 1.53. The van der Waals surface area contributed by atoms with Gasteiger partial charge in [-0.3, -0.25) is 0 Å². The van der Waals surface area contributed by atoms with Crippen LogP contribution in [0.2, 0.25) is 0 Å². The molecule has 0 aliphatic rings. The number of rotatable bonds is 5. The lowest BCUT2D eigenvalue weighted by atomic mass is 10.3. The summed E-state index contributed by atoms with van der Waals surface area (Å²) in [6, 6.07) is 3.10. The van der Waals surface area contributed by atoms with Crippen LogP contribution in [0.4, 0.5) is 0 Å². The lowest BCUT2D eigenvalue weighted by Crippen LogP contribution is -2.07. The molecule has 0 bridgehead atoms. The molecule has 6 nitrogen and oxygen atoms in total. The number of imidazole rings is 1. The Kier molecular flexibility index (Phi) is 3.34. The van der Waals surface area contributed by atoms with Gasteiger partial charge in [-0.15, -0.1) is 0 Å². The van der Waals surface area contributed by atoms with Crippen molar-refractivity contribution >= 4 is 17.1 Å². The predicted molar refractivity (Wildman–Crippen MR) is 61.0 cm³/mol. The van der Waals surface area contributed by atoms with E-state index in [0.29, 0.717) is 30.9 Å². The Hall–Kier alpha value is -1.95. The van der Waals surface area contributed by atoms with Gasteiger partial charge in [0, 0.05) is 13.2 Å². The van der Waals surface area contributed by atoms with Gasteiger partial charge in [0.25, 0.3) is 0 Å². The Morgan fingerprint density at radius 2 is 2.35 bits per heavy atom. The van der Waals surface area contributed by atoms with E-state index in [9.17, 15) is 4.79 Å². The fraction of sp³-hybridized carbons (Fsp3) is 0.364. The van der Waals surface area contributed by atoms with Crippen LogP contribution in [0.25, 0.3) is 11.2 Å². The highest BCUT2D eigenvalue weighted by molar-refractivity contribution is 5.88. The van der Waals surface area contributed by atoms with Crippen LogP contribution in [0, 0.1) is 0 Å². The standard InChI is InChI=1S/C11H13N3O3/c1-2-17-6-5-14-7-12-8-3-4-9(11(15)16)13-10(8)14/h3-4,7H,2,5-6H2,1H3,(H,15,16). The van der Waals surface area contributed by atoms with Gasteiger partial charge in [0.2, 0.25) is 0 Å². The van der Waals surface area contributed by atoms with Crippen molar-refractivity contribution in [2.45, 2.75) is 13.5 Å². The number of carbonyl (C=O) groups is 1. The number of pyridine rings is 1. The molecule has 0 unspecified atom stereocenters. The highest BCUT2D eigenvalue weighted by Gasteiger charge is 2.09. The topological polar surface area (TPSA) is 77.2 Å². The molecule has 17 heavy (non-hydrogen) atoms. The third kappa shape index (κ3) is 2.42. The third-order valence-electron chi connectivity index (χ3n) is 2.36. The maximum Gasteiger partial charge on any atom is 0.354 e. The lowest BCUT2D eigenvalue weighted by molar-refractivity contribution is 0.0691. The number of carboxylic acid groups (broad SMARTS) is 1. The predicted octanol–water partition coefficient (Wildman–Crippen LogP) is 1.17. The van der Waals surface area contributed by atoms with Crippen molar-refractivity contribution in [2.24, 2.45) is 0 Å². The summed E-state index contributed by atoms with van der Waals surface area (Å²) in [6.07, 6.45) is 1.64. The van der Waals surface area contributed by atoms with Gasteiger partial charge in [-0.2, -0.15) is 0 Å². The Morgan fingerprint density at radius 1 is 1.53 bits per heavy atom. The van der Waals surface area contributed by atoms with E-state index in [4.69, 9.17) is 9.84 Å². The number of fused-ring (bicyclic) bond motifs is 1. The lowest BCUT2D eigenvalue weighted by Gasteiger charge is -2.03. The summed E-state index contributed by atoms with van der Waals surface area (Å²) in [5, 5.41) is 8.87. The molecule has 0 saturated carbocycles. The first-order valence-corrected chi connectivity index (χ1v) is 5.35. The SMILES string of the molecule is CCOCCn1cnc2ccc(C(=O)O)nc21. The summed E-state index contributed by atoms with van der Waals surface area (Å²) in [4.78, 5) is 19.0. The molecule has 0 aliphatic carbocycles. The molecular formula is C11H13N3O3. The largest absolute Gasteiger partial charge is 0.477 e. The van der Waals surface area contributed by atoms with Gasteiger partial charge in [0.15, 0.2) is 11.3 Å². The molecule has 2 aromatic rings. The minimum atomic E-state index is -1.04. The van der Waals surface area contributed by atoms with Crippen LogP contribution >= 0.6 is 0 Å². The first-order chi connectivity index (χ1) is 8.22. The van der Waals surface area contributed by atoms with Crippen LogP contribution in [-0.2, 0) is 11.3 Å². The van der Waals surface area contributed by atoms with E-state index in [1.165, 1.54) is 6.07 Å². The molecule has 1 N–H and O–H groups in total. The first-order valence-electron chi connectivity index (χ1n) is 5.35. The molecule has 0 aromatic carbocycles. The second-order valence-corrected chi connectivity index (χ2v) is 3.48. The van der Waals surface area contributed by atoms with Crippen LogP contribution in [-0.4, -0.2) is 38.8 Å². The van der Waals surface area contributed by atoms with Gasteiger partial charge in [-0.25, -0.2) is 14.8 Å². The second kappa shape index (κ2) is 4.92. The summed E-state index contributed by atoms with van der Waals surface area (Å²) in [5.74, 6) is -1.04. The summed E-state index contributed by atoms with van der Waals surface area (Å²) in [7, 11) is 0. The molecule has 2 rings (SSSR count). The van der Waals surface area contributed by atoms with Gasteiger partial charge in [0.05, 0.1) is 12.9 Å². The van der Waals surface area contributed by atoms with Gasteiger partial charge in [-0.05, 0) is 19.1 Å². The summed E-state index contributed by atoms with van der Waals surface area (Å²) < 4.78 is 7.03. The zero-order valence-electron chi connectivity index (χ0n) is 9.46. The minimum Gasteiger partial charge on any atom is -0.477 e. The van der Waals surface area contributed by atoms with Gasteiger partial charge >= 0.3 is 5.97 Å². The zero-order valence-corrected chi connectivity index (χ0v) is 9.46. The maximum atomic E-state index is 10.8. The van der Waals surface area contributed by atoms with E-state index >= 15 is 0 Å². The molecule has 2 heterocycles. The molecule has 90 valence electrons. The van der Waals surface area contributed by atoms with Crippen LogP contribution in [0.3, 0.4) is 0 Å². The van der Waals surface area contributed by atoms with Crippen molar-refractivity contribution < 1.29 is 14.6 Å². The maximum absolute atomic E-state index is 10.8. The van der Waals surface area contributed by atoms with Crippen LogP contribution < -0.4 is 0 Å². The number of hydrogen-bond acceptors (Lipinski definition) is 4. The highest BCUT2D eigenvalue weighted by Crippen LogP contribution is 2.11. The number of nitrogens with zero attached hydrogens (tertiary/aromatic N) is 3. The summed E-state index contributed by atoms with van der Waals surface area (Å²) >= 11 is 0. The number of hydrogen-bond donors (Lipinski definition) is 1. The molecule has 2 aromatic heterocycles. The van der Waals surface area contributed by atoms with E-state index in [2.05, 4.69) is 9.97 Å². The molecule has 0 spiro atoms. The fourth-order valence-electron chi connectivity index (χ4n) is 1.53. The number of carboxylic acids is 1. The third-order valence-corrected chi connectivity index (χ3v) is 2.36. The Bertz CT molecular complexity index is 536. The van der Waals surface area contributed by atoms with E-state index in [0.717, 1.165) is 0 Å². The second-order valence-electron chi connectivity index (χ2n) is 3.48. The highest BCUT2D eigenvalue weighted by atomic mass is 16.5. The smallest absolute Gasteiger partial charge is 0.354 e. The van der Waals surface area contributed by atoms with Crippen molar-refractivity contribution in [1.29, 1.82) is 0 Å². The van der Waals surface area contributed by atoms with Crippen molar-refractivity contribution in [3.63, 3.8) is 0 Å². The van der Waals surface area contributed by atoms with Crippen molar-refractivity contribution in [1.82, 2.24) is 14.5 Å². The molecule has 0 saturated heterocycles. The van der Waals surface area contributed by atoms with E-state index in [-0.39, 0.29) is 5.69 Å². The van der Waals surface area contributed by atoms with Crippen LogP contribution in [0.1, 0.15) is 17.4 Å². The molecule has 0 radical (unpaired) electrons. The normalized spacial score (nSPS) is 10.9. The average Bonchev–Trinajstić information content (AvgIpc) is 2.72. The summed E-state index contributed by atoms with van der Waals surface area (Å²) in [6.45, 7) is 3.74. The number of aromatic carboxylic acids is 1. The van der Waals surface area contributed by atoms with Gasteiger partial charge < -0.3 is 14.4 Å². The van der Waals surface area contributed by atoms with Crippen LogP contribution in [0.5, 0.6) is 0 Å². The quantitative estimate of drug-likeness (QED) is 0.787. The van der Waals surface area contributed by atoms with Crippen LogP contribution in [0.15, 0.2) is 18.5 Å². The van der Waals surface area contributed by atoms with Crippen molar-refractivity contribution in [2.75, 3.05) is 13.2 Å².